The molecule has 3 nitrogen and oxygen atoms in total. The number of halogens is 3. The third-order valence-corrected chi connectivity index (χ3v) is 5.69. The molecule has 0 bridgehead atoms. The van der Waals surface area contributed by atoms with Crippen molar-refractivity contribution in [2.45, 2.75) is 20.1 Å². The number of rotatable bonds is 7. The largest absolute Gasteiger partial charge is 0.493 e. The van der Waals surface area contributed by atoms with Crippen LogP contribution in [0, 0.1) is 10.5 Å². The fourth-order valence-electron chi connectivity index (χ4n) is 2.77. The molecule has 0 atom stereocenters. The Morgan fingerprint density at radius 3 is 2.54 bits per heavy atom. The first-order chi connectivity index (χ1) is 13.5. The van der Waals surface area contributed by atoms with Crippen LogP contribution in [0.25, 0.3) is 0 Å². The van der Waals surface area contributed by atoms with Crippen molar-refractivity contribution < 1.29 is 9.47 Å². The van der Waals surface area contributed by atoms with Crippen molar-refractivity contribution in [3.63, 3.8) is 0 Å². The number of hydrogen-bond acceptors (Lipinski definition) is 3. The summed E-state index contributed by atoms with van der Waals surface area (Å²) < 4.78 is 12.6. The van der Waals surface area contributed by atoms with Crippen LogP contribution >= 0.6 is 45.8 Å². The Kier molecular flexibility index (Phi) is 7.32. The zero-order chi connectivity index (χ0) is 20.1. The van der Waals surface area contributed by atoms with E-state index in [9.17, 15) is 0 Å². The topological polar surface area (TPSA) is 30.5 Å². The molecule has 0 aliphatic heterocycles. The predicted molar refractivity (Wildman–Crippen MR) is 125 cm³/mol. The van der Waals surface area contributed by atoms with Gasteiger partial charge >= 0.3 is 0 Å². The van der Waals surface area contributed by atoms with Gasteiger partial charge in [0.2, 0.25) is 0 Å². The molecule has 0 radical (unpaired) electrons. The fraction of sp³-hybridized carbons (Fsp3) is 0.182. The molecule has 3 rings (SSSR count). The Morgan fingerprint density at radius 1 is 1.04 bits per heavy atom. The van der Waals surface area contributed by atoms with Gasteiger partial charge in [0.25, 0.3) is 0 Å². The van der Waals surface area contributed by atoms with E-state index < -0.39 is 0 Å². The number of anilines is 1. The Bertz CT molecular complexity index is 979. The average Bonchev–Trinajstić information content (AvgIpc) is 2.67. The van der Waals surface area contributed by atoms with E-state index in [1.807, 2.05) is 24.3 Å². The van der Waals surface area contributed by atoms with Gasteiger partial charge in [-0.25, -0.2) is 0 Å². The second kappa shape index (κ2) is 9.72. The Hall–Kier alpha value is -1.63. The molecular formula is C22H20Cl2INO2. The first-order valence-corrected chi connectivity index (χ1v) is 10.5. The summed E-state index contributed by atoms with van der Waals surface area (Å²) in [6.07, 6.45) is 0. The van der Waals surface area contributed by atoms with E-state index in [1.54, 1.807) is 19.2 Å². The van der Waals surface area contributed by atoms with E-state index in [0.717, 1.165) is 20.4 Å². The van der Waals surface area contributed by atoms with Crippen molar-refractivity contribution in [3.05, 3.63) is 84.9 Å². The first kappa shape index (κ1) is 21.1. The van der Waals surface area contributed by atoms with Crippen molar-refractivity contribution in [2.75, 3.05) is 12.4 Å². The summed E-state index contributed by atoms with van der Waals surface area (Å²) in [5.74, 6) is 1.40. The number of ether oxygens (including phenoxy) is 2. The van der Waals surface area contributed by atoms with Crippen molar-refractivity contribution in [3.8, 4) is 11.5 Å². The van der Waals surface area contributed by atoms with Crippen LogP contribution in [-0.2, 0) is 13.2 Å². The average molecular weight is 528 g/mol. The van der Waals surface area contributed by atoms with E-state index in [4.69, 9.17) is 32.7 Å². The maximum atomic E-state index is 6.24. The monoisotopic (exact) mass is 527 g/mol. The minimum atomic E-state index is 0.336. The van der Waals surface area contributed by atoms with Gasteiger partial charge in [0.05, 0.1) is 10.7 Å². The summed E-state index contributed by atoms with van der Waals surface area (Å²) >= 11 is 14.5. The standard InChI is InChI=1S/C22H20Cl2INO2/c1-14-5-3-4-6-20(14)26-12-15-9-19(25)22(21(10-15)27-2)28-13-16-7-8-17(23)11-18(16)24/h3-11,26H,12-13H2,1-2H3. The van der Waals surface area contributed by atoms with Crippen molar-refractivity contribution in [1.82, 2.24) is 0 Å². The molecule has 0 saturated carbocycles. The number of methoxy groups -OCH3 is 1. The molecule has 0 amide bonds. The Balaban J connectivity index is 1.75. The summed E-state index contributed by atoms with van der Waals surface area (Å²) in [7, 11) is 1.64. The molecule has 0 aliphatic rings. The smallest absolute Gasteiger partial charge is 0.174 e. The van der Waals surface area contributed by atoms with Gasteiger partial charge in [0.1, 0.15) is 6.61 Å². The molecule has 146 valence electrons. The molecule has 28 heavy (non-hydrogen) atoms. The molecule has 1 N–H and O–H groups in total. The normalized spacial score (nSPS) is 10.6. The molecule has 0 fully saturated rings. The van der Waals surface area contributed by atoms with Crippen LogP contribution in [0.2, 0.25) is 10.0 Å². The van der Waals surface area contributed by atoms with Gasteiger partial charge < -0.3 is 14.8 Å². The molecule has 0 spiro atoms. The second-order valence-corrected chi connectivity index (χ2v) is 8.31. The van der Waals surface area contributed by atoms with Crippen molar-refractivity contribution in [1.29, 1.82) is 0 Å². The number of para-hydroxylation sites is 1. The van der Waals surface area contributed by atoms with E-state index in [0.29, 0.717) is 34.7 Å². The van der Waals surface area contributed by atoms with Gasteiger partial charge in [-0.15, -0.1) is 0 Å². The lowest BCUT2D eigenvalue weighted by atomic mass is 10.1. The van der Waals surface area contributed by atoms with Gasteiger partial charge in [-0.1, -0.05) is 47.5 Å². The lowest BCUT2D eigenvalue weighted by Crippen LogP contribution is -2.04. The van der Waals surface area contributed by atoms with Gasteiger partial charge in [0.15, 0.2) is 11.5 Å². The second-order valence-electron chi connectivity index (χ2n) is 6.30. The maximum absolute atomic E-state index is 6.24. The zero-order valence-corrected chi connectivity index (χ0v) is 19.2. The highest BCUT2D eigenvalue weighted by Gasteiger charge is 2.13. The molecule has 3 aromatic carbocycles. The highest BCUT2D eigenvalue weighted by Crippen LogP contribution is 2.35. The molecule has 0 unspecified atom stereocenters. The van der Waals surface area contributed by atoms with Crippen molar-refractivity contribution >= 4 is 51.5 Å². The van der Waals surface area contributed by atoms with Crippen LogP contribution < -0.4 is 14.8 Å². The quantitative estimate of drug-likeness (QED) is 0.332. The van der Waals surface area contributed by atoms with Crippen LogP contribution in [0.5, 0.6) is 11.5 Å². The molecule has 3 aromatic rings. The molecule has 0 saturated heterocycles. The molecule has 0 aromatic heterocycles. The van der Waals surface area contributed by atoms with Gasteiger partial charge in [0, 0.05) is 27.8 Å². The molecule has 6 heteroatoms. The number of nitrogens with one attached hydrogen (secondary N) is 1. The summed E-state index contributed by atoms with van der Waals surface area (Å²) in [6, 6.07) is 17.7. The van der Waals surface area contributed by atoms with Crippen LogP contribution in [0.4, 0.5) is 5.69 Å². The van der Waals surface area contributed by atoms with E-state index >= 15 is 0 Å². The Labute approximate surface area is 189 Å². The summed E-state index contributed by atoms with van der Waals surface area (Å²) in [4.78, 5) is 0. The van der Waals surface area contributed by atoms with Crippen LogP contribution in [0.3, 0.4) is 0 Å². The van der Waals surface area contributed by atoms with Crippen LogP contribution in [0.15, 0.2) is 54.6 Å². The van der Waals surface area contributed by atoms with E-state index in [-0.39, 0.29) is 0 Å². The summed E-state index contributed by atoms with van der Waals surface area (Å²) in [5, 5.41) is 4.66. The minimum Gasteiger partial charge on any atom is -0.493 e. The summed E-state index contributed by atoms with van der Waals surface area (Å²) in [6.45, 7) is 3.12. The number of aryl methyl sites for hydroxylation is 1. The predicted octanol–water partition coefficient (Wildman–Crippen LogP) is 7.11. The minimum absolute atomic E-state index is 0.336. The van der Waals surface area contributed by atoms with E-state index in [1.165, 1.54) is 5.56 Å². The zero-order valence-electron chi connectivity index (χ0n) is 15.6. The molecular weight excluding hydrogens is 508 g/mol. The maximum Gasteiger partial charge on any atom is 0.174 e. The van der Waals surface area contributed by atoms with E-state index in [2.05, 4.69) is 53.0 Å². The van der Waals surface area contributed by atoms with Crippen LogP contribution in [0.1, 0.15) is 16.7 Å². The number of benzene rings is 3. The number of hydrogen-bond donors (Lipinski definition) is 1. The lowest BCUT2D eigenvalue weighted by molar-refractivity contribution is 0.282. The highest BCUT2D eigenvalue weighted by atomic mass is 127. The van der Waals surface area contributed by atoms with Crippen LogP contribution in [-0.4, -0.2) is 7.11 Å². The fourth-order valence-corrected chi connectivity index (χ4v) is 4.06. The molecule has 0 heterocycles. The first-order valence-electron chi connectivity index (χ1n) is 8.70. The van der Waals surface area contributed by atoms with Gasteiger partial charge in [-0.2, -0.15) is 0 Å². The van der Waals surface area contributed by atoms with Crippen molar-refractivity contribution in [2.24, 2.45) is 0 Å². The molecule has 0 aliphatic carbocycles. The van der Waals surface area contributed by atoms with Gasteiger partial charge in [-0.05, 0) is 71.0 Å². The third kappa shape index (κ3) is 5.25. The Morgan fingerprint density at radius 2 is 1.82 bits per heavy atom. The van der Waals surface area contributed by atoms with Gasteiger partial charge in [-0.3, -0.25) is 0 Å². The SMILES string of the molecule is COc1cc(CNc2ccccc2C)cc(I)c1OCc1ccc(Cl)cc1Cl. The summed E-state index contributed by atoms with van der Waals surface area (Å²) in [5.41, 5.74) is 4.31. The lowest BCUT2D eigenvalue weighted by Gasteiger charge is -2.16. The highest BCUT2D eigenvalue weighted by molar-refractivity contribution is 14.1. The third-order valence-electron chi connectivity index (χ3n) is 4.30.